The average Bonchev–Trinajstić information content (AvgIpc) is 3.21. The number of hydrogen-bond donors (Lipinski definition) is 0. The SMILES string of the molecule is CCOc1ccccc1/C=C/C(=O)N1CCN(C(=O)C2CCCC2)CC1. The van der Waals surface area contributed by atoms with Gasteiger partial charge in [-0.3, -0.25) is 9.59 Å². The molecule has 5 nitrogen and oxygen atoms in total. The van der Waals surface area contributed by atoms with Crippen LogP contribution in [0.15, 0.2) is 30.3 Å². The predicted octanol–water partition coefficient (Wildman–Crippen LogP) is 2.96. The number of benzene rings is 1. The molecule has 0 atom stereocenters. The topological polar surface area (TPSA) is 49.9 Å². The van der Waals surface area contributed by atoms with E-state index in [0.29, 0.717) is 32.8 Å². The van der Waals surface area contributed by atoms with Crippen molar-refractivity contribution in [2.24, 2.45) is 5.92 Å². The number of carbonyl (C=O) groups is 2. The van der Waals surface area contributed by atoms with Crippen LogP contribution in [0.4, 0.5) is 0 Å². The molecule has 0 N–H and O–H groups in total. The van der Waals surface area contributed by atoms with Gasteiger partial charge in [-0.2, -0.15) is 0 Å². The number of ether oxygens (including phenoxy) is 1. The summed E-state index contributed by atoms with van der Waals surface area (Å²) in [5, 5.41) is 0. The molecule has 5 heteroatoms. The Morgan fingerprint density at radius 3 is 2.42 bits per heavy atom. The largest absolute Gasteiger partial charge is 0.493 e. The molecule has 1 saturated heterocycles. The molecule has 3 rings (SSSR count). The fraction of sp³-hybridized carbons (Fsp3) is 0.524. The van der Waals surface area contributed by atoms with Crippen LogP contribution in [0.2, 0.25) is 0 Å². The van der Waals surface area contributed by atoms with Gasteiger partial charge in [0, 0.05) is 43.7 Å². The zero-order valence-corrected chi connectivity index (χ0v) is 15.5. The molecule has 1 aromatic carbocycles. The molecule has 1 aliphatic carbocycles. The third-order valence-electron chi connectivity index (χ3n) is 5.23. The van der Waals surface area contributed by atoms with E-state index in [-0.39, 0.29) is 17.7 Å². The van der Waals surface area contributed by atoms with Crippen LogP contribution >= 0.6 is 0 Å². The zero-order valence-electron chi connectivity index (χ0n) is 15.5. The van der Waals surface area contributed by atoms with E-state index in [4.69, 9.17) is 4.74 Å². The lowest BCUT2D eigenvalue weighted by atomic mass is 10.1. The molecule has 0 spiro atoms. The van der Waals surface area contributed by atoms with Gasteiger partial charge in [0.1, 0.15) is 5.75 Å². The summed E-state index contributed by atoms with van der Waals surface area (Å²) in [6.07, 6.45) is 7.81. The smallest absolute Gasteiger partial charge is 0.246 e. The number of piperazine rings is 1. The van der Waals surface area contributed by atoms with Crippen molar-refractivity contribution in [2.45, 2.75) is 32.6 Å². The van der Waals surface area contributed by atoms with Crippen LogP contribution in [0, 0.1) is 5.92 Å². The van der Waals surface area contributed by atoms with Crippen molar-refractivity contribution in [3.05, 3.63) is 35.9 Å². The van der Waals surface area contributed by atoms with Gasteiger partial charge in [0.2, 0.25) is 11.8 Å². The Kier molecular flexibility index (Phi) is 6.31. The maximum atomic E-state index is 12.5. The first-order valence-corrected chi connectivity index (χ1v) is 9.66. The van der Waals surface area contributed by atoms with E-state index in [1.54, 1.807) is 6.08 Å². The van der Waals surface area contributed by atoms with Crippen molar-refractivity contribution in [1.82, 2.24) is 9.80 Å². The molecule has 0 radical (unpaired) electrons. The van der Waals surface area contributed by atoms with E-state index in [0.717, 1.165) is 24.2 Å². The van der Waals surface area contributed by atoms with E-state index < -0.39 is 0 Å². The van der Waals surface area contributed by atoms with Crippen LogP contribution in [0.3, 0.4) is 0 Å². The first-order chi connectivity index (χ1) is 12.7. The highest BCUT2D eigenvalue weighted by molar-refractivity contribution is 5.92. The van der Waals surface area contributed by atoms with Gasteiger partial charge in [-0.25, -0.2) is 0 Å². The standard InChI is InChI=1S/C21H28N2O3/c1-2-26-19-10-6-5-7-17(19)11-12-20(24)22-13-15-23(16-14-22)21(25)18-8-3-4-9-18/h5-7,10-12,18H,2-4,8-9,13-16H2,1H3/b12-11+. The number of hydrogen-bond acceptors (Lipinski definition) is 3. The minimum Gasteiger partial charge on any atom is -0.493 e. The van der Waals surface area contributed by atoms with Gasteiger partial charge in [0.25, 0.3) is 0 Å². The number of carbonyl (C=O) groups excluding carboxylic acids is 2. The van der Waals surface area contributed by atoms with E-state index in [1.807, 2.05) is 47.1 Å². The summed E-state index contributed by atoms with van der Waals surface area (Å²) in [5.41, 5.74) is 0.901. The maximum Gasteiger partial charge on any atom is 0.246 e. The number of para-hydroxylation sites is 1. The van der Waals surface area contributed by atoms with E-state index in [2.05, 4.69) is 0 Å². The molecular formula is C21H28N2O3. The van der Waals surface area contributed by atoms with E-state index in [1.165, 1.54) is 12.8 Å². The average molecular weight is 356 g/mol. The van der Waals surface area contributed by atoms with Gasteiger partial charge in [0.05, 0.1) is 6.61 Å². The van der Waals surface area contributed by atoms with Crippen LogP contribution in [0.5, 0.6) is 5.75 Å². The van der Waals surface area contributed by atoms with Crippen LogP contribution in [-0.2, 0) is 9.59 Å². The predicted molar refractivity (Wildman–Crippen MR) is 102 cm³/mol. The Morgan fingerprint density at radius 2 is 1.73 bits per heavy atom. The highest BCUT2D eigenvalue weighted by Crippen LogP contribution is 2.27. The maximum absolute atomic E-state index is 12.5. The molecule has 0 bridgehead atoms. The molecule has 1 heterocycles. The summed E-state index contributed by atoms with van der Waals surface area (Å²) < 4.78 is 5.58. The Bertz CT molecular complexity index is 657. The van der Waals surface area contributed by atoms with Crippen LogP contribution < -0.4 is 4.74 Å². The van der Waals surface area contributed by atoms with Crippen molar-refractivity contribution in [1.29, 1.82) is 0 Å². The Hall–Kier alpha value is -2.30. The Labute approximate surface area is 155 Å². The number of amides is 2. The molecule has 1 aliphatic heterocycles. The molecule has 140 valence electrons. The minimum absolute atomic E-state index is 0.00994. The highest BCUT2D eigenvalue weighted by Gasteiger charge is 2.30. The molecule has 0 unspecified atom stereocenters. The Balaban J connectivity index is 1.53. The lowest BCUT2D eigenvalue weighted by molar-refractivity contribution is -0.140. The van der Waals surface area contributed by atoms with Crippen LogP contribution in [0.25, 0.3) is 6.08 Å². The molecule has 2 fully saturated rings. The van der Waals surface area contributed by atoms with Crippen molar-refractivity contribution in [3.63, 3.8) is 0 Å². The normalized spacial score (nSPS) is 18.5. The molecule has 1 aromatic rings. The highest BCUT2D eigenvalue weighted by atomic mass is 16.5. The second kappa shape index (κ2) is 8.88. The number of rotatable bonds is 5. The molecule has 2 amide bonds. The van der Waals surface area contributed by atoms with Gasteiger partial charge in [-0.1, -0.05) is 31.0 Å². The second-order valence-corrected chi connectivity index (χ2v) is 6.94. The van der Waals surface area contributed by atoms with Crippen molar-refractivity contribution in [2.75, 3.05) is 32.8 Å². The van der Waals surface area contributed by atoms with Gasteiger partial charge in [-0.05, 0) is 31.9 Å². The van der Waals surface area contributed by atoms with Gasteiger partial charge < -0.3 is 14.5 Å². The quantitative estimate of drug-likeness (QED) is 0.762. The first-order valence-electron chi connectivity index (χ1n) is 9.66. The van der Waals surface area contributed by atoms with Gasteiger partial charge in [-0.15, -0.1) is 0 Å². The lowest BCUT2D eigenvalue weighted by Crippen LogP contribution is -2.51. The summed E-state index contributed by atoms with van der Waals surface area (Å²) in [4.78, 5) is 28.7. The van der Waals surface area contributed by atoms with E-state index >= 15 is 0 Å². The van der Waals surface area contributed by atoms with Crippen LogP contribution in [0.1, 0.15) is 38.2 Å². The van der Waals surface area contributed by atoms with Crippen molar-refractivity contribution >= 4 is 17.9 Å². The summed E-state index contributed by atoms with van der Waals surface area (Å²) in [6.45, 7) is 5.03. The van der Waals surface area contributed by atoms with Crippen LogP contribution in [-0.4, -0.2) is 54.4 Å². The summed E-state index contributed by atoms with van der Waals surface area (Å²) in [5.74, 6) is 1.28. The fourth-order valence-electron chi connectivity index (χ4n) is 3.75. The summed E-state index contributed by atoms with van der Waals surface area (Å²) in [7, 11) is 0. The third-order valence-corrected chi connectivity index (χ3v) is 5.23. The monoisotopic (exact) mass is 356 g/mol. The number of nitrogens with zero attached hydrogens (tertiary/aromatic N) is 2. The zero-order chi connectivity index (χ0) is 18.4. The molecule has 26 heavy (non-hydrogen) atoms. The molecule has 2 aliphatic rings. The second-order valence-electron chi connectivity index (χ2n) is 6.94. The fourth-order valence-corrected chi connectivity index (χ4v) is 3.75. The third kappa shape index (κ3) is 4.45. The van der Waals surface area contributed by atoms with Gasteiger partial charge >= 0.3 is 0 Å². The van der Waals surface area contributed by atoms with E-state index in [9.17, 15) is 9.59 Å². The molecule has 1 saturated carbocycles. The van der Waals surface area contributed by atoms with Gasteiger partial charge in [0.15, 0.2) is 0 Å². The van der Waals surface area contributed by atoms with Crippen molar-refractivity contribution in [3.8, 4) is 5.75 Å². The molecule has 0 aromatic heterocycles. The van der Waals surface area contributed by atoms with Crippen molar-refractivity contribution < 1.29 is 14.3 Å². The summed E-state index contributed by atoms with van der Waals surface area (Å²) >= 11 is 0. The summed E-state index contributed by atoms with van der Waals surface area (Å²) in [6, 6.07) is 7.69. The molecular weight excluding hydrogens is 328 g/mol. The first kappa shape index (κ1) is 18.5. The lowest BCUT2D eigenvalue weighted by Gasteiger charge is -2.35. The minimum atomic E-state index is -0.00994. The Morgan fingerprint density at radius 1 is 1.08 bits per heavy atom.